The summed E-state index contributed by atoms with van der Waals surface area (Å²) in [4.78, 5) is 50.6. The molecule has 1 unspecified atom stereocenters. The number of hydrogen-bond donors (Lipinski definition) is 5. The average Bonchev–Trinajstić information content (AvgIpc) is 3.80. The highest BCUT2D eigenvalue weighted by Gasteiger charge is 2.49. The van der Waals surface area contributed by atoms with Crippen LogP contribution in [0.1, 0.15) is 83.3 Å². The van der Waals surface area contributed by atoms with E-state index in [1.807, 2.05) is 39.0 Å². The first-order chi connectivity index (χ1) is 22.6. The third-order valence-corrected chi connectivity index (χ3v) is 10.2. The molecule has 8 bridgehead atoms. The number of aromatic nitrogens is 3. The lowest BCUT2D eigenvalue weighted by Gasteiger charge is -2.25. The Labute approximate surface area is 272 Å². The summed E-state index contributed by atoms with van der Waals surface area (Å²) in [6.07, 6.45) is 10.3. The molecule has 0 radical (unpaired) electrons. The number of aromatic amines is 3. The van der Waals surface area contributed by atoms with Crippen molar-refractivity contribution in [2.24, 2.45) is 17.8 Å². The van der Waals surface area contributed by atoms with E-state index in [0.717, 1.165) is 62.0 Å². The standard InChI is InChI=1S/C37H42N4O6/c1-8-20-17(4)24-13-25-18(5)22(11-12-30(43)47-10-3)34(40-25)32-33(37(45)46-7)36(44)31-19(6)26(41-35(31)32)14-28-21(9-2)23(16-42)29(39-28)15-27(20)38-24/h8,13-16,18,22,33-34,38-42H,1,9-12H2,2-7H3/b23-16-,25-13+,26-14-,29-15-/t18-,22-,33+,34?/m0/s1. The molecule has 0 saturated carbocycles. The molecule has 2 aliphatic heterocycles. The fourth-order valence-electron chi connectivity index (χ4n) is 7.73. The minimum atomic E-state index is -1.12. The van der Waals surface area contributed by atoms with Crippen LogP contribution in [0.15, 0.2) is 12.3 Å². The lowest BCUT2D eigenvalue weighted by Crippen LogP contribution is -2.38. The number of aliphatic hydroxyl groups excluding tert-OH is 1. The van der Waals surface area contributed by atoms with Crippen molar-refractivity contribution in [3.8, 4) is 0 Å². The number of allylic oxidation sites excluding steroid dienone is 1. The maximum Gasteiger partial charge on any atom is 0.320 e. The molecule has 5 heterocycles. The first kappa shape index (κ1) is 32.0. The maximum atomic E-state index is 14.1. The summed E-state index contributed by atoms with van der Waals surface area (Å²) in [5.41, 5.74) is 8.05. The van der Waals surface area contributed by atoms with Crippen LogP contribution in [-0.4, -0.2) is 57.5 Å². The van der Waals surface area contributed by atoms with Crippen LogP contribution in [0.2, 0.25) is 0 Å². The number of esters is 2. The topological polar surface area (TPSA) is 149 Å². The number of hydrogen-bond acceptors (Lipinski definition) is 7. The van der Waals surface area contributed by atoms with Crippen molar-refractivity contribution in [1.82, 2.24) is 20.3 Å². The fourth-order valence-corrected chi connectivity index (χ4v) is 7.73. The molecule has 10 heteroatoms. The molecule has 3 aliphatic rings. The molecule has 4 atom stereocenters. The van der Waals surface area contributed by atoms with Crippen LogP contribution in [-0.2, 0) is 25.5 Å². The molecule has 6 rings (SSSR count). The Morgan fingerprint density at radius 2 is 1.77 bits per heavy atom. The van der Waals surface area contributed by atoms with Gasteiger partial charge in [-0.1, -0.05) is 26.5 Å². The first-order valence-electron chi connectivity index (χ1n) is 16.2. The summed E-state index contributed by atoms with van der Waals surface area (Å²) in [5.74, 6) is -2.54. The van der Waals surface area contributed by atoms with Crippen molar-refractivity contribution in [3.63, 3.8) is 0 Å². The van der Waals surface area contributed by atoms with E-state index in [9.17, 15) is 19.5 Å². The smallest absolute Gasteiger partial charge is 0.320 e. The maximum absolute atomic E-state index is 14.1. The predicted octanol–water partition coefficient (Wildman–Crippen LogP) is 2.50. The van der Waals surface area contributed by atoms with Crippen LogP contribution < -0.4 is 26.6 Å². The predicted molar refractivity (Wildman–Crippen MR) is 181 cm³/mol. The molecule has 5 N–H and O–H groups in total. The second-order valence-corrected chi connectivity index (χ2v) is 12.5. The van der Waals surface area contributed by atoms with E-state index >= 15 is 0 Å². The van der Waals surface area contributed by atoms with Gasteiger partial charge < -0.3 is 34.8 Å². The van der Waals surface area contributed by atoms with Crippen molar-refractivity contribution in [2.75, 3.05) is 13.7 Å². The van der Waals surface area contributed by atoms with Gasteiger partial charge in [-0.15, -0.1) is 0 Å². The normalized spacial score (nSPS) is 24.1. The van der Waals surface area contributed by atoms with Crippen LogP contribution >= 0.6 is 0 Å². The largest absolute Gasteiger partial charge is 0.515 e. The van der Waals surface area contributed by atoms with Crippen LogP contribution in [0.5, 0.6) is 0 Å². The van der Waals surface area contributed by atoms with Gasteiger partial charge in [0.1, 0.15) is 5.92 Å². The number of ketones is 1. The second-order valence-electron chi connectivity index (χ2n) is 12.5. The summed E-state index contributed by atoms with van der Waals surface area (Å²) >= 11 is 0. The zero-order valence-electron chi connectivity index (χ0n) is 27.7. The lowest BCUT2D eigenvalue weighted by molar-refractivity contribution is -0.144. The number of rotatable bonds is 7. The SMILES string of the molecule is C=Cc1c2[nH]c(c1C)/C=C1/NC(C3=c4[nH]/c(c(C)c4C(=O)[C@@H]3C(=O)OC)=C\c3[nH]c(/c(=C\O)c3CC)=C\2)[C@@H](CCC(=O)OCC)[C@@H]1C. The highest BCUT2D eigenvalue weighted by molar-refractivity contribution is 6.19. The summed E-state index contributed by atoms with van der Waals surface area (Å²) in [5, 5.41) is 16.8. The van der Waals surface area contributed by atoms with Crippen molar-refractivity contribution < 1.29 is 29.0 Å². The molecule has 10 nitrogen and oxygen atoms in total. The molecule has 3 aromatic rings. The number of carbonyl (C=O) groups is 3. The van der Waals surface area contributed by atoms with E-state index in [2.05, 4.69) is 39.8 Å². The van der Waals surface area contributed by atoms with Crippen LogP contribution in [0.25, 0.3) is 36.1 Å². The average molecular weight is 639 g/mol. The Morgan fingerprint density at radius 3 is 2.43 bits per heavy atom. The molecule has 1 saturated heterocycles. The quantitative estimate of drug-likeness (QED) is 0.197. The number of carbonyl (C=O) groups excluding carboxylic acids is 3. The number of aliphatic hydroxyl groups is 1. The number of nitrogens with one attached hydrogen (secondary N) is 4. The van der Waals surface area contributed by atoms with Crippen molar-refractivity contribution in [2.45, 2.75) is 59.9 Å². The van der Waals surface area contributed by atoms with E-state index in [1.54, 1.807) is 6.92 Å². The van der Waals surface area contributed by atoms with Crippen molar-refractivity contribution >= 4 is 53.9 Å². The first-order valence-corrected chi connectivity index (χ1v) is 16.2. The van der Waals surface area contributed by atoms with Crippen molar-refractivity contribution in [1.29, 1.82) is 0 Å². The van der Waals surface area contributed by atoms with E-state index in [4.69, 9.17) is 9.47 Å². The van der Waals surface area contributed by atoms with Crippen LogP contribution in [0.4, 0.5) is 0 Å². The summed E-state index contributed by atoms with van der Waals surface area (Å²) in [6.45, 7) is 14.2. The molecule has 1 fully saturated rings. The Balaban J connectivity index is 1.71. The van der Waals surface area contributed by atoms with Gasteiger partial charge in [0.25, 0.3) is 0 Å². The zero-order chi connectivity index (χ0) is 33.7. The number of methoxy groups -OCH3 is 1. The van der Waals surface area contributed by atoms with E-state index in [0.29, 0.717) is 41.2 Å². The molecule has 0 amide bonds. The highest BCUT2D eigenvalue weighted by Crippen LogP contribution is 2.42. The summed E-state index contributed by atoms with van der Waals surface area (Å²) in [6, 6.07) is -0.446. The third kappa shape index (κ3) is 5.06. The minimum Gasteiger partial charge on any atom is -0.515 e. The molecule has 3 aromatic heterocycles. The van der Waals surface area contributed by atoms with Gasteiger partial charge in [-0.2, -0.15) is 0 Å². The highest BCUT2D eigenvalue weighted by atomic mass is 16.5. The third-order valence-electron chi connectivity index (χ3n) is 10.2. The van der Waals surface area contributed by atoms with E-state index in [-0.39, 0.29) is 30.0 Å². The zero-order valence-corrected chi connectivity index (χ0v) is 27.7. The fraction of sp³-hybridized carbons (Fsp3) is 0.378. The number of Topliss-reactive ketones (excluding diaryl/α,β-unsaturated/α-hetero) is 1. The van der Waals surface area contributed by atoms with Gasteiger partial charge in [0, 0.05) is 56.8 Å². The van der Waals surface area contributed by atoms with E-state index in [1.165, 1.54) is 7.11 Å². The Morgan fingerprint density at radius 1 is 1.02 bits per heavy atom. The van der Waals surface area contributed by atoms with Crippen LogP contribution in [0, 0.1) is 31.6 Å². The molecule has 0 aromatic carbocycles. The molecule has 246 valence electrons. The summed E-state index contributed by atoms with van der Waals surface area (Å²) < 4.78 is 10.5. The van der Waals surface area contributed by atoms with E-state index < -0.39 is 17.9 Å². The minimum absolute atomic E-state index is 0.0623. The Bertz CT molecular complexity index is 2110. The van der Waals surface area contributed by atoms with Gasteiger partial charge in [0.05, 0.1) is 36.7 Å². The van der Waals surface area contributed by atoms with Crippen molar-refractivity contribution in [3.05, 3.63) is 78.4 Å². The summed E-state index contributed by atoms with van der Waals surface area (Å²) in [7, 11) is 1.30. The molecular formula is C37H42N4O6. The van der Waals surface area contributed by atoms with Gasteiger partial charge in [0.15, 0.2) is 5.78 Å². The Hall–Kier alpha value is -4.99. The molecule has 47 heavy (non-hydrogen) atoms. The van der Waals surface area contributed by atoms with Gasteiger partial charge >= 0.3 is 11.9 Å². The lowest BCUT2D eigenvalue weighted by atomic mass is 9.80. The second kappa shape index (κ2) is 12.3. The van der Waals surface area contributed by atoms with Gasteiger partial charge in [0.2, 0.25) is 0 Å². The molecule has 1 aliphatic carbocycles. The molecule has 0 spiro atoms. The van der Waals surface area contributed by atoms with Gasteiger partial charge in [-0.25, -0.2) is 0 Å². The number of ether oxygens (including phenoxy) is 2. The number of fused-ring (bicyclic) bond motifs is 8. The monoisotopic (exact) mass is 638 g/mol. The van der Waals surface area contributed by atoms with Gasteiger partial charge in [-0.05, 0) is 80.0 Å². The van der Waals surface area contributed by atoms with Gasteiger partial charge in [-0.3, -0.25) is 14.4 Å². The Kier molecular flexibility index (Phi) is 8.38. The number of H-pyrrole nitrogens is 3. The molecular weight excluding hydrogens is 596 g/mol. The van der Waals surface area contributed by atoms with Crippen LogP contribution in [0.3, 0.4) is 0 Å².